The van der Waals surface area contributed by atoms with Crippen molar-refractivity contribution in [2.75, 3.05) is 31.1 Å². The van der Waals surface area contributed by atoms with Crippen molar-refractivity contribution in [2.24, 2.45) is 0 Å². The van der Waals surface area contributed by atoms with Crippen molar-refractivity contribution >= 4 is 21.6 Å². The molecule has 0 aliphatic carbocycles. The third-order valence-corrected chi connectivity index (χ3v) is 6.43. The molecule has 0 bridgehead atoms. The van der Waals surface area contributed by atoms with Gasteiger partial charge in [-0.3, -0.25) is 4.90 Å². The van der Waals surface area contributed by atoms with Gasteiger partial charge in [0.25, 0.3) is 0 Å². The van der Waals surface area contributed by atoms with Crippen LogP contribution in [0.4, 0.5) is 14.5 Å². The van der Waals surface area contributed by atoms with Gasteiger partial charge in [0.15, 0.2) is 0 Å². The van der Waals surface area contributed by atoms with Gasteiger partial charge in [0, 0.05) is 47.5 Å². The molecule has 33 heavy (non-hydrogen) atoms. The Hall–Kier alpha value is -3.03. The van der Waals surface area contributed by atoms with Crippen molar-refractivity contribution in [3.63, 3.8) is 0 Å². The number of piperazine rings is 1. The number of rotatable bonds is 5. The molecule has 2 heterocycles. The van der Waals surface area contributed by atoms with Crippen LogP contribution >= 0.6 is 15.9 Å². The summed E-state index contributed by atoms with van der Waals surface area (Å²) in [7, 11) is 0. The van der Waals surface area contributed by atoms with Gasteiger partial charge in [-0.1, -0.05) is 40.2 Å². The van der Waals surface area contributed by atoms with Gasteiger partial charge >= 0.3 is 0 Å². The number of nitrogens with one attached hydrogen (secondary N) is 1. The summed E-state index contributed by atoms with van der Waals surface area (Å²) >= 11 is 3.49. The average Bonchev–Trinajstić information content (AvgIpc) is 3.24. The number of benzene rings is 3. The van der Waals surface area contributed by atoms with E-state index in [0.29, 0.717) is 29.1 Å². The van der Waals surface area contributed by atoms with E-state index in [1.807, 2.05) is 12.1 Å². The van der Waals surface area contributed by atoms with E-state index >= 15 is 0 Å². The smallest absolute Gasteiger partial charge is 0.123 e. The Morgan fingerprint density at radius 3 is 2.12 bits per heavy atom. The second-order valence-corrected chi connectivity index (χ2v) is 9.08. The zero-order chi connectivity index (χ0) is 22.8. The first-order valence-electron chi connectivity index (χ1n) is 10.9. The zero-order valence-corrected chi connectivity index (χ0v) is 19.5. The summed E-state index contributed by atoms with van der Waals surface area (Å²) in [5, 5.41) is 0. The zero-order valence-electron chi connectivity index (χ0n) is 17.9. The average molecular weight is 509 g/mol. The Morgan fingerprint density at radius 1 is 0.818 bits per heavy atom. The molecule has 1 fully saturated rings. The minimum atomic E-state index is -0.327. The molecule has 1 aliphatic rings. The normalized spacial score (nSPS) is 14.6. The van der Waals surface area contributed by atoms with E-state index in [1.165, 1.54) is 30.0 Å². The van der Waals surface area contributed by atoms with Gasteiger partial charge in [0.1, 0.15) is 17.5 Å². The minimum absolute atomic E-state index is 0.321. The first kappa shape index (κ1) is 21.8. The monoisotopic (exact) mass is 508 g/mol. The second kappa shape index (κ2) is 9.45. The first-order chi connectivity index (χ1) is 16.0. The van der Waals surface area contributed by atoms with Gasteiger partial charge in [-0.25, -0.2) is 13.8 Å². The van der Waals surface area contributed by atoms with E-state index < -0.39 is 0 Å². The van der Waals surface area contributed by atoms with E-state index in [9.17, 15) is 8.78 Å². The van der Waals surface area contributed by atoms with Gasteiger partial charge in [0.2, 0.25) is 0 Å². The molecule has 7 heteroatoms. The molecular weight excluding hydrogens is 486 g/mol. The number of imidazole rings is 1. The summed E-state index contributed by atoms with van der Waals surface area (Å²) in [5.74, 6) is 0.134. The van der Waals surface area contributed by atoms with Crippen LogP contribution in [0.15, 0.2) is 77.3 Å². The van der Waals surface area contributed by atoms with Crippen LogP contribution in [0.1, 0.15) is 5.82 Å². The standard InChI is InChI=1S/C26H23BrF2N4/c27-20-7-9-23(10-8-20)33-13-11-32(12-14-33)17-24-30-25(18-3-1-5-21(28)15-18)26(31-24)19-4-2-6-22(29)16-19/h1-10,15-16H,11-14,17H2,(H,30,31). The molecule has 0 saturated carbocycles. The lowest BCUT2D eigenvalue weighted by atomic mass is 10.0. The molecule has 1 saturated heterocycles. The molecule has 168 valence electrons. The van der Waals surface area contributed by atoms with Crippen molar-refractivity contribution in [1.29, 1.82) is 0 Å². The number of halogens is 3. The number of H-pyrrole nitrogens is 1. The largest absolute Gasteiger partial charge is 0.369 e. The van der Waals surface area contributed by atoms with Gasteiger partial charge < -0.3 is 9.88 Å². The number of aromatic amines is 1. The second-order valence-electron chi connectivity index (χ2n) is 8.17. The summed E-state index contributed by atoms with van der Waals surface area (Å²) in [5.41, 5.74) is 3.90. The third-order valence-electron chi connectivity index (χ3n) is 5.90. The molecule has 1 N–H and O–H groups in total. The highest BCUT2D eigenvalue weighted by Crippen LogP contribution is 2.31. The lowest BCUT2D eigenvalue weighted by molar-refractivity contribution is 0.245. The van der Waals surface area contributed by atoms with Crippen LogP contribution in [0, 0.1) is 11.6 Å². The third kappa shape index (κ3) is 4.99. The van der Waals surface area contributed by atoms with Crippen molar-refractivity contribution in [2.45, 2.75) is 6.54 Å². The van der Waals surface area contributed by atoms with Crippen molar-refractivity contribution in [3.8, 4) is 22.5 Å². The molecule has 0 amide bonds. The van der Waals surface area contributed by atoms with Crippen LogP contribution in [0.2, 0.25) is 0 Å². The lowest BCUT2D eigenvalue weighted by Gasteiger charge is -2.35. The van der Waals surface area contributed by atoms with Gasteiger partial charge in [0.05, 0.1) is 17.9 Å². The summed E-state index contributed by atoms with van der Waals surface area (Å²) in [6.45, 7) is 4.31. The van der Waals surface area contributed by atoms with Gasteiger partial charge in [-0.05, 0) is 48.5 Å². The maximum atomic E-state index is 13.9. The SMILES string of the molecule is Fc1cccc(-c2nc(CN3CCN(c4ccc(Br)cc4)CC3)[nH]c2-c2cccc(F)c2)c1. The Labute approximate surface area is 200 Å². The Morgan fingerprint density at radius 2 is 1.45 bits per heavy atom. The Kier molecular flexibility index (Phi) is 6.24. The van der Waals surface area contributed by atoms with E-state index in [4.69, 9.17) is 4.98 Å². The Balaban J connectivity index is 1.37. The summed E-state index contributed by atoms with van der Waals surface area (Å²) in [6.07, 6.45) is 0. The maximum absolute atomic E-state index is 13.9. The fraction of sp³-hybridized carbons (Fsp3) is 0.192. The molecule has 3 aromatic carbocycles. The Bertz CT molecular complexity index is 1180. The summed E-state index contributed by atoms with van der Waals surface area (Å²) < 4.78 is 28.9. The van der Waals surface area contributed by atoms with Crippen LogP contribution in [-0.4, -0.2) is 41.0 Å². The highest BCUT2D eigenvalue weighted by molar-refractivity contribution is 9.10. The molecule has 0 unspecified atom stereocenters. The maximum Gasteiger partial charge on any atom is 0.123 e. The van der Waals surface area contributed by atoms with Crippen molar-refractivity contribution < 1.29 is 8.78 Å². The van der Waals surface area contributed by atoms with Crippen LogP contribution in [0.3, 0.4) is 0 Å². The van der Waals surface area contributed by atoms with Crippen LogP contribution in [0.25, 0.3) is 22.5 Å². The number of anilines is 1. The molecular formula is C26H23BrF2N4. The number of hydrogen-bond donors (Lipinski definition) is 1. The molecule has 5 rings (SSSR count). The van der Waals surface area contributed by atoms with E-state index in [1.54, 1.807) is 12.1 Å². The highest BCUT2D eigenvalue weighted by atomic mass is 79.9. The predicted molar refractivity (Wildman–Crippen MR) is 131 cm³/mol. The van der Waals surface area contributed by atoms with E-state index in [2.05, 4.69) is 55.0 Å². The van der Waals surface area contributed by atoms with Crippen molar-refractivity contribution in [3.05, 3.63) is 94.7 Å². The quantitative estimate of drug-likeness (QED) is 0.353. The van der Waals surface area contributed by atoms with E-state index in [0.717, 1.165) is 36.5 Å². The first-order valence-corrected chi connectivity index (χ1v) is 11.7. The number of hydrogen-bond acceptors (Lipinski definition) is 3. The molecule has 4 nitrogen and oxygen atoms in total. The molecule has 1 aliphatic heterocycles. The fourth-order valence-corrected chi connectivity index (χ4v) is 4.49. The number of nitrogens with zero attached hydrogens (tertiary/aromatic N) is 3. The summed E-state index contributed by atoms with van der Waals surface area (Å²) in [4.78, 5) is 12.9. The lowest BCUT2D eigenvalue weighted by Crippen LogP contribution is -2.46. The molecule has 1 aromatic heterocycles. The van der Waals surface area contributed by atoms with Crippen LogP contribution in [0.5, 0.6) is 0 Å². The number of aromatic nitrogens is 2. The molecule has 4 aromatic rings. The minimum Gasteiger partial charge on any atom is -0.369 e. The summed E-state index contributed by atoms with van der Waals surface area (Å²) in [6, 6.07) is 21.1. The van der Waals surface area contributed by atoms with E-state index in [-0.39, 0.29) is 11.6 Å². The fourth-order valence-electron chi connectivity index (χ4n) is 4.22. The van der Waals surface area contributed by atoms with Gasteiger partial charge in [-0.2, -0.15) is 0 Å². The van der Waals surface area contributed by atoms with Crippen molar-refractivity contribution in [1.82, 2.24) is 14.9 Å². The van der Waals surface area contributed by atoms with Crippen LogP contribution in [-0.2, 0) is 6.54 Å². The topological polar surface area (TPSA) is 35.2 Å². The van der Waals surface area contributed by atoms with Gasteiger partial charge in [-0.15, -0.1) is 0 Å². The predicted octanol–water partition coefficient (Wildman–Crippen LogP) is 6.11. The molecule has 0 atom stereocenters. The molecule has 0 spiro atoms. The van der Waals surface area contributed by atoms with Crippen LogP contribution < -0.4 is 4.90 Å². The highest BCUT2D eigenvalue weighted by Gasteiger charge is 2.21. The molecule has 0 radical (unpaired) electrons.